The van der Waals surface area contributed by atoms with Crippen LogP contribution in [0.5, 0.6) is 0 Å². The van der Waals surface area contributed by atoms with Crippen molar-refractivity contribution in [2.75, 3.05) is 0 Å². The van der Waals surface area contributed by atoms with Crippen LogP contribution >= 0.6 is 28.4 Å². The van der Waals surface area contributed by atoms with Gasteiger partial charge in [-0.05, 0) is 28.1 Å². The van der Waals surface area contributed by atoms with Gasteiger partial charge >= 0.3 is 0 Å². The Balaban J connectivity index is 2.76. The average Bonchev–Trinajstić information content (AvgIpc) is 2.47. The van der Waals surface area contributed by atoms with Gasteiger partial charge in [0.25, 0.3) is 0 Å². The van der Waals surface area contributed by atoms with E-state index < -0.39 is 0 Å². The highest BCUT2D eigenvalue weighted by Crippen LogP contribution is 2.27. The zero-order chi connectivity index (χ0) is 7.68. The Kier molecular flexibility index (Phi) is 2.05. The van der Waals surface area contributed by atoms with Crippen LogP contribution in [0.15, 0.2) is 24.7 Å². The number of nitrogens with zero attached hydrogens (tertiary/aromatic N) is 3. The molecule has 0 fully saturated rings. The second-order valence-corrected chi connectivity index (χ2v) is 4.12. The van der Waals surface area contributed by atoms with E-state index >= 15 is 0 Å². The van der Waals surface area contributed by atoms with E-state index in [-0.39, 0.29) is 0 Å². The van der Waals surface area contributed by atoms with Crippen molar-refractivity contribution >= 4 is 39.3 Å². The third kappa shape index (κ3) is 1.25. The molecule has 11 heavy (non-hydrogen) atoms. The minimum Gasteiger partial charge on any atom is -0.262 e. The Labute approximate surface area is 78.5 Å². The van der Waals surface area contributed by atoms with Gasteiger partial charge in [-0.3, -0.25) is 4.98 Å². The van der Waals surface area contributed by atoms with Crippen molar-refractivity contribution in [1.82, 2.24) is 14.5 Å². The number of fused-ring (bicyclic) bond motifs is 1. The first-order chi connectivity index (χ1) is 5.42. The lowest BCUT2D eigenvalue weighted by molar-refractivity contribution is 1.04. The van der Waals surface area contributed by atoms with Crippen molar-refractivity contribution in [3.63, 3.8) is 0 Å². The van der Waals surface area contributed by atoms with Crippen LogP contribution in [0.25, 0.3) is 10.9 Å². The molecule has 0 saturated heterocycles. The van der Waals surface area contributed by atoms with Crippen LogP contribution in [0, 0.1) is 0 Å². The molecule has 0 spiro atoms. The molecule has 2 rings (SSSR count). The summed E-state index contributed by atoms with van der Waals surface area (Å²) in [5.74, 6) is 0. The molecule has 0 amide bonds. The zero-order valence-electron chi connectivity index (χ0n) is 5.53. The Morgan fingerprint density at radius 1 is 1.45 bits per heavy atom. The van der Waals surface area contributed by atoms with Crippen molar-refractivity contribution in [1.29, 1.82) is 0 Å². The van der Waals surface area contributed by atoms with Crippen LogP contribution in [0.2, 0.25) is 0 Å². The van der Waals surface area contributed by atoms with Gasteiger partial charge in [0.1, 0.15) is 0 Å². The maximum Gasteiger partial charge on any atom is 0.0912 e. The molecule has 0 aliphatic carbocycles. The number of pyridine rings is 1. The molecule has 0 saturated carbocycles. The van der Waals surface area contributed by atoms with E-state index in [4.69, 9.17) is 0 Å². The van der Waals surface area contributed by atoms with Crippen molar-refractivity contribution in [3.05, 3.63) is 24.7 Å². The smallest absolute Gasteiger partial charge is 0.0912 e. The van der Waals surface area contributed by atoms with Crippen molar-refractivity contribution < 1.29 is 0 Å². The van der Waals surface area contributed by atoms with Crippen LogP contribution in [-0.2, 0) is 0 Å². The summed E-state index contributed by atoms with van der Waals surface area (Å²) < 4.78 is 1.95. The van der Waals surface area contributed by atoms with Gasteiger partial charge in [0.05, 0.1) is 24.3 Å². The molecule has 56 valence electrons. The lowest BCUT2D eigenvalue weighted by Crippen LogP contribution is -1.81. The van der Waals surface area contributed by atoms with Gasteiger partial charge in [-0.15, -0.1) is 0 Å². The quantitative estimate of drug-likeness (QED) is 0.591. The number of rotatable bonds is 1. The molecule has 0 radical (unpaired) electrons. The molecule has 0 aliphatic heterocycles. The predicted molar refractivity (Wildman–Crippen MR) is 55.3 cm³/mol. The number of aromatic nitrogens is 3. The summed E-state index contributed by atoms with van der Waals surface area (Å²) in [6.07, 6.45) is 6.13. The predicted octanol–water partition coefficient (Wildman–Crippen LogP) is 2.22. The number of hydrogen-bond acceptors (Lipinski definition) is 2. The Morgan fingerprint density at radius 2 is 2.36 bits per heavy atom. The van der Waals surface area contributed by atoms with Gasteiger partial charge < -0.3 is 0 Å². The van der Waals surface area contributed by atoms with E-state index in [1.165, 1.54) is 0 Å². The van der Waals surface area contributed by atoms with Gasteiger partial charge in [-0.2, -0.15) is 5.10 Å². The second-order valence-electron chi connectivity index (χ2n) is 2.08. The largest absolute Gasteiger partial charge is 0.262 e. The minimum absolute atomic E-state index is 0.644. The first kappa shape index (κ1) is 7.43. The minimum atomic E-state index is 0.644. The van der Waals surface area contributed by atoms with E-state index in [0.29, 0.717) is 6.37 Å². The summed E-state index contributed by atoms with van der Waals surface area (Å²) in [7, 11) is 0. The number of halogens is 1. The summed E-state index contributed by atoms with van der Waals surface area (Å²) in [4.78, 5) is 4.03. The van der Waals surface area contributed by atoms with Crippen LogP contribution < -0.4 is 0 Å². The van der Waals surface area contributed by atoms with Crippen LogP contribution in [-0.4, -0.2) is 14.5 Å². The first-order valence-electron chi connectivity index (χ1n) is 3.06. The topological polar surface area (TPSA) is 30.7 Å². The highest BCUT2D eigenvalue weighted by molar-refractivity contribution is 14.2. The second kappa shape index (κ2) is 3.03. The normalized spacial score (nSPS) is 11.7. The molecular formula is C6H5IN3P. The molecule has 0 bridgehead atoms. The molecule has 2 heterocycles. The fraction of sp³-hybridized carbons (Fsp3) is 0. The average molecular weight is 277 g/mol. The van der Waals surface area contributed by atoms with Crippen molar-refractivity contribution in [2.45, 2.75) is 0 Å². The lowest BCUT2D eigenvalue weighted by atomic mass is 10.3. The summed E-state index contributed by atoms with van der Waals surface area (Å²) in [5.41, 5.74) is 1.11. The van der Waals surface area contributed by atoms with Gasteiger partial charge in [0.15, 0.2) is 0 Å². The maximum atomic E-state index is 4.20. The van der Waals surface area contributed by atoms with E-state index in [0.717, 1.165) is 10.9 Å². The fourth-order valence-electron chi connectivity index (χ4n) is 0.933. The fourth-order valence-corrected chi connectivity index (χ4v) is 2.47. The summed E-state index contributed by atoms with van der Waals surface area (Å²) >= 11 is 2.30. The molecule has 3 nitrogen and oxygen atoms in total. The molecule has 5 heteroatoms. The molecule has 2 aromatic rings. The Morgan fingerprint density at radius 3 is 3.18 bits per heavy atom. The molecule has 0 aliphatic rings. The molecule has 0 aromatic carbocycles. The van der Waals surface area contributed by atoms with Gasteiger partial charge in [-0.25, -0.2) is 4.45 Å². The van der Waals surface area contributed by atoms with Gasteiger partial charge in [0.2, 0.25) is 0 Å². The van der Waals surface area contributed by atoms with Crippen molar-refractivity contribution in [2.24, 2.45) is 0 Å². The highest BCUT2D eigenvalue weighted by Gasteiger charge is 1.98. The Bertz CT molecular complexity index is 373. The van der Waals surface area contributed by atoms with E-state index in [1.54, 1.807) is 6.20 Å². The summed E-state index contributed by atoms with van der Waals surface area (Å²) in [5, 5.41) is 5.35. The first-order valence-corrected chi connectivity index (χ1v) is 7.12. The summed E-state index contributed by atoms with van der Waals surface area (Å²) in [6, 6.07) is 1.97. The van der Waals surface area contributed by atoms with Crippen LogP contribution in [0.3, 0.4) is 0 Å². The highest BCUT2D eigenvalue weighted by atomic mass is 127. The molecule has 0 N–H and O–H groups in total. The monoisotopic (exact) mass is 277 g/mol. The van der Waals surface area contributed by atoms with Gasteiger partial charge in [-0.1, -0.05) is 0 Å². The Hall–Kier alpha value is -0.220. The molecule has 2 aromatic heterocycles. The zero-order valence-corrected chi connectivity index (χ0v) is 8.69. The SMILES string of the molecule is IPn1ncc2ccncc21. The van der Waals surface area contributed by atoms with E-state index in [1.807, 2.05) is 22.9 Å². The maximum absolute atomic E-state index is 4.20. The number of hydrogen-bond donors (Lipinski definition) is 0. The molecule has 1 atom stereocenters. The van der Waals surface area contributed by atoms with Crippen LogP contribution in [0.1, 0.15) is 0 Å². The van der Waals surface area contributed by atoms with E-state index in [2.05, 4.69) is 32.1 Å². The standard InChI is InChI=1S/C6H5IN3P/c7-11-10-6-4-8-2-1-5(6)3-9-10/h1-4,11H. The van der Waals surface area contributed by atoms with Gasteiger partial charge in [0, 0.05) is 11.6 Å². The lowest BCUT2D eigenvalue weighted by Gasteiger charge is -1.93. The van der Waals surface area contributed by atoms with Crippen LogP contribution in [0.4, 0.5) is 0 Å². The van der Waals surface area contributed by atoms with Crippen molar-refractivity contribution in [3.8, 4) is 0 Å². The third-order valence-corrected chi connectivity index (χ3v) is 3.34. The third-order valence-electron chi connectivity index (χ3n) is 1.45. The van der Waals surface area contributed by atoms with E-state index in [9.17, 15) is 0 Å². The molecule has 1 unspecified atom stereocenters. The summed E-state index contributed by atoms with van der Waals surface area (Å²) in [6.45, 7) is 0. The molecular weight excluding hydrogens is 272 g/mol.